The van der Waals surface area contributed by atoms with Crippen LogP contribution in [0.4, 0.5) is 28.4 Å². The minimum Gasteiger partial charge on any atom is -0.493 e. The summed E-state index contributed by atoms with van der Waals surface area (Å²) in [6.45, 7) is 8.75. The number of benzene rings is 5. The number of fused-ring (bicyclic) bond motifs is 5. The molecular formula is C57H67N5O12S. The zero-order valence-corrected chi connectivity index (χ0v) is 44.1. The van der Waals surface area contributed by atoms with Gasteiger partial charge in [0, 0.05) is 73.7 Å². The highest BCUT2D eigenvalue weighted by Crippen LogP contribution is 2.42. The van der Waals surface area contributed by atoms with Crippen LogP contribution in [0.15, 0.2) is 91.0 Å². The number of rotatable bonds is 28. The van der Waals surface area contributed by atoms with Crippen LogP contribution in [-0.4, -0.2) is 126 Å². The van der Waals surface area contributed by atoms with Crippen molar-refractivity contribution in [1.82, 2.24) is 0 Å². The highest BCUT2D eigenvalue weighted by molar-refractivity contribution is 8.00. The Labute approximate surface area is 442 Å². The van der Waals surface area contributed by atoms with Gasteiger partial charge in [-0.2, -0.15) is 11.8 Å². The summed E-state index contributed by atoms with van der Waals surface area (Å²) in [5, 5.41) is 15.6. The fourth-order valence-electron chi connectivity index (χ4n) is 9.73. The molecule has 3 heterocycles. The van der Waals surface area contributed by atoms with Crippen LogP contribution < -0.4 is 44.3 Å². The van der Waals surface area contributed by atoms with E-state index >= 15 is 0 Å². The summed E-state index contributed by atoms with van der Waals surface area (Å²) >= 11 is 1.71. The van der Waals surface area contributed by atoms with Crippen molar-refractivity contribution in [3.8, 4) is 23.0 Å². The predicted octanol–water partition coefficient (Wildman–Crippen LogP) is 8.49. The lowest BCUT2D eigenvalue weighted by molar-refractivity contribution is -0.137. The van der Waals surface area contributed by atoms with Crippen LogP contribution in [0.25, 0.3) is 0 Å². The first-order valence-corrected chi connectivity index (χ1v) is 26.2. The van der Waals surface area contributed by atoms with Gasteiger partial charge >= 0.3 is 5.97 Å². The molecule has 0 bridgehead atoms. The Kier molecular flexibility index (Phi) is 18.5. The summed E-state index contributed by atoms with van der Waals surface area (Å²) in [4.78, 5) is 57.6. The second-order valence-corrected chi connectivity index (χ2v) is 20.9. The number of carbonyl (C=O) groups is 4. The Morgan fingerprint density at radius 3 is 2.20 bits per heavy atom. The topological polar surface area (TPSA) is 187 Å². The Morgan fingerprint density at radius 2 is 1.49 bits per heavy atom. The van der Waals surface area contributed by atoms with Gasteiger partial charge in [0.1, 0.15) is 13.2 Å². The standard InChI is InChI=1S/C57H67N5O12S/c1-57(2,75-24-10-15-54(64)65)36-60(18-19-71-22-23-72-21-20-68-3)42-26-38(34-73-52-31-46-45(30-51(52)70-5)56(67)62-43(33-58-46)28-41-12-7-9-14-49(41)62)25-39(27-42)35-74-53-32-47(59-37-63)44(29-50(53)69-4)55(66)61-17-16-40-11-6-8-13-48(40)61/h6-9,11-14,25-27,29-32,37,43,58H,10,15-24,28,33-36H2,1-5H3,(H,59,63)(H,64,65)/t43-/m0/s1. The van der Waals surface area contributed by atoms with Crippen LogP contribution >= 0.6 is 11.8 Å². The number of para-hydroxylation sites is 2. The van der Waals surface area contributed by atoms with Crippen LogP contribution in [0.5, 0.6) is 23.0 Å². The van der Waals surface area contributed by atoms with Gasteiger partial charge in [0.15, 0.2) is 23.0 Å². The maximum Gasteiger partial charge on any atom is 0.303 e. The summed E-state index contributed by atoms with van der Waals surface area (Å²) in [5.41, 5.74) is 8.06. The summed E-state index contributed by atoms with van der Waals surface area (Å²) in [5.74, 6) is 0.928. The van der Waals surface area contributed by atoms with E-state index < -0.39 is 5.97 Å². The van der Waals surface area contributed by atoms with Gasteiger partial charge in [0.2, 0.25) is 6.41 Å². The molecule has 398 valence electrons. The first-order valence-electron chi connectivity index (χ1n) is 25.2. The van der Waals surface area contributed by atoms with Crippen molar-refractivity contribution in [3.63, 3.8) is 0 Å². The molecule has 5 aromatic carbocycles. The first-order chi connectivity index (χ1) is 36.4. The summed E-state index contributed by atoms with van der Waals surface area (Å²) < 4.78 is 41.4. The van der Waals surface area contributed by atoms with Crippen molar-refractivity contribution in [2.45, 2.75) is 63.5 Å². The Hall–Kier alpha value is -6.99. The third-order valence-electron chi connectivity index (χ3n) is 13.3. The van der Waals surface area contributed by atoms with Gasteiger partial charge < -0.3 is 63.6 Å². The van der Waals surface area contributed by atoms with E-state index in [1.807, 2.05) is 65.6 Å². The molecule has 3 amide bonds. The molecule has 0 aromatic heterocycles. The van der Waals surface area contributed by atoms with Crippen LogP contribution in [0.2, 0.25) is 0 Å². The van der Waals surface area contributed by atoms with Crippen molar-refractivity contribution in [3.05, 3.63) is 124 Å². The largest absolute Gasteiger partial charge is 0.493 e. The summed E-state index contributed by atoms with van der Waals surface area (Å²) in [6, 6.07) is 28.6. The lowest BCUT2D eigenvalue weighted by Gasteiger charge is -2.34. The van der Waals surface area contributed by atoms with Gasteiger partial charge in [0.25, 0.3) is 11.8 Å². The number of methoxy groups -OCH3 is 3. The molecule has 3 N–H and O–H groups in total. The van der Waals surface area contributed by atoms with Gasteiger partial charge in [-0.3, -0.25) is 19.2 Å². The monoisotopic (exact) mass is 1050 g/mol. The molecule has 18 heteroatoms. The van der Waals surface area contributed by atoms with Crippen molar-refractivity contribution in [2.24, 2.45) is 0 Å². The zero-order valence-electron chi connectivity index (χ0n) is 43.3. The molecule has 17 nitrogen and oxygen atoms in total. The van der Waals surface area contributed by atoms with Crippen LogP contribution in [-0.2, 0) is 49.9 Å². The van der Waals surface area contributed by atoms with Crippen molar-refractivity contribution < 1.29 is 57.4 Å². The Balaban J connectivity index is 1.09. The van der Waals surface area contributed by atoms with E-state index in [0.29, 0.717) is 112 Å². The van der Waals surface area contributed by atoms with E-state index in [0.717, 1.165) is 52.2 Å². The number of hydrogen-bond donors (Lipinski definition) is 3. The van der Waals surface area contributed by atoms with E-state index in [4.69, 9.17) is 33.2 Å². The number of nitrogens with zero attached hydrogens (tertiary/aromatic N) is 3. The lowest BCUT2D eigenvalue weighted by Crippen LogP contribution is -2.39. The molecule has 5 aromatic rings. The second-order valence-electron chi connectivity index (χ2n) is 19.1. The third-order valence-corrected chi connectivity index (χ3v) is 14.7. The number of carboxylic acids is 1. The Morgan fingerprint density at radius 1 is 0.827 bits per heavy atom. The molecule has 3 aliphatic rings. The molecule has 0 spiro atoms. The van der Waals surface area contributed by atoms with Gasteiger partial charge in [-0.25, -0.2) is 0 Å². The van der Waals surface area contributed by atoms with Crippen molar-refractivity contribution in [2.75, 3.05) is 112 Å². The molecule has 0 aliphatic carbocycles. The molecule has 0 fully saturated rings. The van der Waals surface area contributed by atoms with Gasteiger partial charge in [-0.1, -0.05) is 36.4 Å². The van der Waals surface area contributed by atoms with E-state index in [1.54, 1.807) is 49.1 Å². The molecule has 3 aliphatic heterocycles. The smallest absolute Gasteiger partial charge is 0.303 e. The number of ether oxygens (including phenoxy) is 7. The summed E-state index contributed by atoms with van der Waals surface area (Å²) in [7, 11) is 4.68. The summed E-state index contributed by atoms with van der Waals surface area (Å²) in [6.07, 6.45) is 2.64. The average Bonchev–Trinajstić information content (AvgIpc) is 3.99. The van der Waals surface area contributed by atoms with Crippen LogP contribution in [0, 0.1) is 0 Å². The number of carbonyl (C=O) groups excluding carboxylic acids is 3. The molecule has 75 heavy (non-hydrogen) atoms. The molecule has 0 radical (unpaired) electrons. The van der Waals surface area contributed by atoms with E-state index in [1.165, 1.54) is 7.11 Å². The quantitative estimate of drug-likeness (QED) is 0.0320. The minimum atomic E-state index is -0.821. The zero-order chi connectivity index (χ0) is 52.9. The number of hydrogen-bond acceptors (Lipinski definition) is 14. The normalized spacial score (nSPS) is 14.5. The molecule has 1 atom stereocenters. The van der Waals surface area contributed by atoms with Crippen molar-refractivity contribution in [1.29, 1.82) is 0 Å². The number of carboxylic acid groups (broad SMARTS) is 1. The van der Waals surface area contributed by atoms with Crippen molar-refractivity contribution >= 4 is 64.4 Å². The predicted molar refractivity (Wildman–Crippen MR) is 291 cm³/mol. The SMILES string of the molecule is COCCOCCOCCN(CC(C)(C)SCCCC(=O)O)c1cc(COc2cc(NC=O)c(C(=O)N3CCc4ccccc43)cc2OC)cc(COc2cc3c(cc2OC)C(=O)N2c4ccccc4C[C@H]2CN3)c1. The van der Waals surface area contributed by atoms with E-state index in [2.05, 4.69) is 41.5 Å². The fourth-order valence-corrected chi connectivity index (χ4v) is 10.8. The van der Waals surface area contributed by atoms with Gasteiger partial charge in [-0.15, -0.1) is 0 Å². The Bertz CT molecular complexity index is 2830. The number of amides is 3. The molecular weight excluding hydrogens is 979 g/mol. The van der Waals surface area contributed by atoms with Crippen LogP contribution in [0.3, 0.4) is 0 Å². The van der Waals surface area contributed by atoms with E-state index in [-0.39, 0.29) is 53.5 Å². The molecule has 0 saturated carbocycles. The van der Waals surface area contributed by atoms with Gasteiger partial charge in [-0.05, 0) is 104 Å². The minimum absolute atomic E-state index is 0.0434. The maximum absolute atomic E-state index is 14.2. The molecule has 8 rings (SSSR count). The average molecular weight is 1050 g/mol. The number of anilines is 5. The number of aliphatic carboxylic acids is 1. The first kappa shape index (κ1) is 54.3. The third kappa shape index (κ3) is 13.5. The lowest BCUT2D eigenvalue weighted by atomic mass is 10.1. The highest BCUT2D eigenvalue weighted by Gasteiger charge is 2.38. The molecule has 0 unspecified atom stereocenters. The number of thioether (sulfide) groups is 1. The van der Waals surface area contributed by atoms with E-state index in [9.17, 15) is 24.3 Å². The fraction of sp³-hybridized carbons (Fsp3) is 0.404. The molecule has 0 saturated heterocycles. The number of nitrogens with one attached hydrogen (secondary N) is 2. The highest BCUT2D eigenvalue weighted by atomic mass is 32.2. The van der Waals surface area contributed by atoms with Gasteiger partial charge in [0.05, 0.1) is 75.8 Å². The maximum atomic E-state index is 14.2. The second kappa shape index (κ2) is 25.5. The van der Waals surface area contributed by atoms with Crippen LogP contribution in [0.1, 0.15) is 69.7 Å².